The van der Waals surface area contributed by atoms with Crippen LogP contribution in [0.1, 0.15) is 40.0 Å². The number of amides is 1. The maximum atomic E-state index is 12.9. The lowest BCUT2D eigenvalue weighted by molar-refractivity contribution is -0.112. The zero-order valence-corrected chi connectivity index (χ0v) is 11.3. The monoisotopic (exact) mass is 259 g/mol. The Morgan fingerprint density at radius 3 is 2.44 bits per heavy atom. The van der Waals surface area contributed by atoms with Crippen LogP contribution < -0.4 is 0 Å². The standard InChI is InChI=1S/C13H22FNO3/c1-13(2,3)18-12(17)15-6-4-10(5-7-15)8-11(14)9-16/h9-11H,4-8H2,1-3H3/t11-/m0/s1. The van der Waals surface area contributed by atoms with Gasteiger partial charge in [-0.2, -0.15) is 0 Å². The minimum atomic E-state index is -1.37. The first kappa shape index (κ1) is 14.9. The van der Waals surface area contributed by atoms with Gasteiger partial charge in [0, 0.05) is 13.1 Å². The summed E-state index contributed by atoms with van der Waals surface area (Å²) in [5.74, 6) is 0.184. The number of halogens is 1. The number of piperidine rings is 1. The van der Waals surface area contributed by atoms with Gasteiger partial charge in [0.25, 0.3) is 0 Å². The van der Waals surface area contributed by atoms with Gasteiger partial charge in [-0.05, 0) is 46.0 Å². The predicted octanol–water partition coefficient (Wildman–Crippen LogP) is 2.56. The minimum absolute atomic E-state index is 0.184. The summed E-state index contributed by atoms with van der Waals surface area (Å²) in [5.41, 5.74) is -0.491. The molecule has 1 fully saturated rings. The highest BCUT2D eigenvalue weighted by Gasteiger charge is 2.27. The summed E-state index contributed by atoms with van der Waals surface area (Å²) in [4.78, 5) is 23.7. The van der Waals surface area contributed by atoms with Crippen LogP contribution in [0.3, 0.4) is 0 Å². The topological polar surface area (TPSA) is 46.6 Å². The van der Waals surface area contributed by atoms with Gasteiger partial charge in [0.15, 0.2) is 12.5 Å². The van der Waals surface area contributed by atoms with E-state index in [1.165, 1.54) is 0 Å². The molecule has 104 valence electrons. The molecule has 0 aromatic heterocycles. The van der Waals surface area contributed by atoms with Crippen LogP contribution >= 0.6 is 0 Å². The molecule has 0 radical (unpaired) electrons. The third-order valence-electron chi connectivity index (χ3n) is 2.97. The molecule has 1 saturated heterocycles. The van der Waals surface area contributed by atoms with Crippen molar-refractivity contribution in [2.75, 3.05) is 13.1 Å². The van der Waals surface area contributed by atoms with Gasteiger partial charge in [-0.1, -0.05) is 0 Å². The van der Waals surface area contributed by atoms with Crippen molar-refractivity contribution in [2.45, 2.75) is 51.8 Å². The smallest absolute Gasteiger partial charge is 0.410 e. The van der Waals surface area contributed by atoms with E-state index in [1.54, 1.807) is 4.90 Å². The highest BCUT2D eigenvalue weighted by molar-refractivity contribution is 5.68. The fourth-order valence-electron chi connectivity index (χ4n) is 2.05. The molecular formula is C13H22FNO3. The Morgan fingerprint density at radius 1 is 1.44 bits per heavy atom. The van der Waals surface area contributed by atoms with E-state index in [0.29, 0.717) is 19.4 Å². The van der Waals surface area contributed by atoms with Crippen LogP contribution in [0.15, 0.2) is 0 Å². The number of carbonyl (C=O) groups is 2. The normalized spacial score (nSPS) is 19.4. The molecule has 1 aliphatic heterocycles. The van der Waals surface area contributed by atoms with Gasteiger partial charge in [-0.25, -0.2) is 9.18 Å². The summed E-state index contributed by atoms with van der Waals surface area (Å²) in [5, 5.41) is 0. The third kappa shape index (κ3) is 5.02. The number of alkyl halides is 1. The van der Waals surface area contributed by atoms with E-state index < -0.39 is 11.8 Å². The maximum Gasteiger partial charge on any atom is 0.410 e. The van der Waals surface area contributed by atoms with E-state index in [2.05, 4.69) is 0 Å². The van der Waals surface area contributed by atoms with Crippen LogP contribution in [0.2, 0.25) is 0 Å². The minimum Gasteiger partial charge on any atom is -0.444 e. The molecule has 0 unspecified atom stereocenters. The fourth-order valence-corrected chi connectivity index (χ4v) is 2.05. The van der Waals surface area contributed by atoms with Crippen molar-refractivity contribution in [1.29, 1.82) is 0 Å². The molecule has 0 bridgehead atoms. The van der Waals surface area contributed by atoms with Crippen molar-refractivity contribution < 1.29 is 18.7 Å². The van der Waals surface area contributed by atoms with Crippen molar-refractivity contribution in [3.63, 3.8) is 0 Å². The maximum absolute atomic E-state index is 12.9. The molecular weight excluding hydrogens is 237 g/mol. The van der Waals surface area contributed by atoms with Crippen LogP contribution in [-0.4, -0.2) is 42.1 Å². The fraction of sp³-hybridized carbons (Fsp3) is 0.846. The summed E-state index contributed by atoms with van der Waals surface area (Å²) in [6.07, 6.45) is 0.392. The Balaban J connectivity index is 2.35. The quantitative estimate of drug-likeness (QED) is 0.732. The van der Waals surface area contributed by atoms with Crippen LogP contribution in [0.4, 0.5) is 9.18 Å². The van der Waals surface area contributed by atoms with Gasteiger partial charge in [0.2, 0.25) is 0 Å². The second kappa shape index (κ2) is 6.16. The number of nitrogens with zero attached hydrogens (tertiary/aromatic N) is 1. The largest absolute Gasteiger partial charge is 0.444 e. The van der Waals surface area contributed by atoms with Gasteiger partial charge < -0.3 is 14.4 Å². The van der Waals surface area contributed by atoms with E-state index in [4.69, 9.17) is 4.74 Å². The first-order valence-electron chi connectivity index (χ1n) is 6.39. The SMILES string of the molecule is CC(C)(C)OC(=O)N1CCC(C[C@H](F)C=O)CC1. The number of likely N-dealkylation sites (tertiary alicyclic amines) is 1. The molecule has 0 N–H and O–H groups in total. The average molecular weight is 259 g/mol. The highest BCUT2D eigenvalue weighted by atomic mass is 19.1. The lowest BCUT2D eigenvalue weighted by atomic mass is 9.92. The molecule has 0 aromatic rings. The van der Waals surface area contributed by atoms with Crippen LogP contribution in [0, 0.1) is 5.92 Å². The number of hydrogen-bond acceptors (Lipinski definition) is 3. The zero-order valence-electron chi connectivity index (χ0n) is 11.3. The molecule has 1 amide bonds. The van der Waals surface area contributed by atoms with Crippen LogP contribution in [0.25, 0.3) is 0 Å². The molecule has 0 spiro atoms. The van der Waals surface area contributed by atoms with Gasteiger partial charge in [0.05, 0.1) is 0 Å². The number of aldehydes is 1. The summed E-state index contributed by atoms with van der Waals surface area (Å²) < 4.78 is 18.2. The Bertz CT molecular complexity index is 293. The molecule has 4 nitrogen and oxygen atoms in total. The first-order chi connectivity index (χ1) is 8.31. The number of hydrogen-bond donors (Lipinski definition) is 0. The van der Waals surface area contributed by atoms with Gasteiger partial charge in [-0.3, -0.25) is 0 Å². The van der Waals surface area contributed by atoms with E-state index >= 15 is 0 Å². The van der Waals surface area contributed by atoms with Crippen molar-refractivity contribution >= 4 is 12.4 Å². The summed E-state index contributed by atoms with van der Waals surface area (Å²) in [6.45, 7) is 6.64. The van der Waals surface area contributed by atoms with Gasteiger partial charge in [0.1, 0.15) is 5.60 Å². The molecule has 1 heterocycles. The summed E-state index contributed by atoms with van der Waals surface area (Å²) in [7, 11) is 0. The van der Waals surface area contributed by atoms with Gasteiger partial charge >= 0.3 is 6.09 Å². The Kier molecular flexibility index (Phi) is 5.11. The second-order valence-electron chi connectivity index (χ2n) is 5.80. The first-order valence-corrected chi connectivity index (χ1v) is 6.39. The molecule has 0 aromatic carbocycles. The highest BCUT2D eigenvalue weighted by Crippen LogP contribution is 2.23. The molecule has 1 rings (SSSR count). The summed E-state index contributed by atoms with van der Waals surface area (Å²) >= 11 is 0. The van der Waals surface area contributed by atoms with Crippen molar-refractivity contribution in [3.05, 3.63) is 0 Å². The van der Waals surface area contributed by atoms with Crippen molar-refractivity contribution in [1.82, 2.24) is 4.90 Å². The number of rotatable bonds is 3. The van der Waals surface area contributed by atoms with E-state index in [-0.39, 0.29) is 18.4 Å². The summed E-state index contributed by atoms with van der Waals surface area (Å²) in [6, 6.07) is 0. The lowest BCUT2D eigenvalue weighted by Gasteiger charge is -2.33. The average Bonchev–Trinajstić information content (AvgIpc) is 2.27. The third-order valence-corrected chi connectivity index (χ3v) is 2.97. The van der Waals surface area contributed by atoms with Crippen LogP contribution in [0.5, 0.6) is 0 Å². The van der Waals surface area contributed by atoms with Crippen LogP contribution in [-0.2, 0) is 9.53 Å². The molecule has 18 heavy (non-hydrogen) atoms. The lowest BCUT2D eigenvalue weighted by Crippen LogP contribution is -2.42. The Morgan fingerprint density at radius 2 is 2.00 bits per heavy atom. The Labute approximate surface area is 107 Å². The van der Waals surface area contributed by atoms with Crippen molar-refractivity contribution in [2.24, 2.45) is 5.92 Å². The molecule has 5 heteroatoms. The molecule has 0 saturated carbocycles. The van der Waals surface area contributed by atoms with E-state index in [0.717, 1.165) is 12.8 Å². The van der Waals surface area contributed by atoms with E-state index in [9.17, 15) is 14.0 Å². The van der Waals surface area contributed by atoms with Gasteiger partial charge in [-0.15, -0.1) is 0 Å². The molecule has 1 atom stereocenters. The second-order valence-corrected chi connectivity index (χ2v) is 5.80. The number of ether oxygens (including phenoxy) is 1. The Hall–Kier alpha value is -1.13. The molecule has 0 aliphatic carbocycles. The number of carbonyl (C=O) groups excluding carboxylic acids is 2. The predicted molar refractivity (Wildman–Crippen MR) is 66.1 cm³/mol. The molecule has 1 aliphatic rings. The zero-order chi connectivity index (χ0) is 13.8. The van der Waals surface area contributed by atoms with Crippen molar-refractivity contribution in [3.8, 4) is 0 Å². The van der Waals surface area contributed by atoms with E-state index in [1.807, 2.05) is 20.8 Å².